The standard InChI is InChI=1S/C4H4N4O3/c9-6-1-3-4(8(10)11)2-5-7-3/h1-2,9H,(H,5,7)/b6-1-. The zero-order valence-electron chi connectivity index (χ0n) is 5.26. The van der Waals surface area contributed by atoms with Crippen LogP contribution in [0, 0.1) is 10.1 Å². The van der Waals surface area contributed by atoms with Gasteiger partial charge in [0, 0.05) is 0 Å². The highest BCUT2D eigenvalue weighted by atomic mass is 16.6. The predicted molar refractivity (Wildman–Crippen MR) is 34.6 cm³/mol. The van der Waals surface area contributed by atoms with Gasteiger partial charge in [-0.15, -0.1) is 0 Å². The van der Waals surface area contributed by atoms with Gasteiger partial charge in [0.2, 0.25) is 0 Å². The zero-order chi connectivity index (χ0) is 8.27. The Kier molecular flexibility index (Phi) is 1.81. The minimum absolute atomic E-state index is 0.0671. The van der Waals surface area contributed by atoms with Gasteiger partial charge in [-0.05, 0) is 0 Å². The van der Waals surface area contributed by atoms with Crippen molar-refractivity contribution in [3.05, 3.63) is 22.0 Å². The van der Waals surface area contributed by atoms with E-state index in [2.05, 4.69) is 15.4 Å². The van der Waals surface area contributed by atoms with Crippen LogP contribution < -0.4 is 0 Å². The van der Waals surface area contributed by atoms with Crippen LogP contribution >= 0.6 is 0 Å². The molecule has 7 heteroatoms. The first-order chi connectivity index (χ1) is 5.25. The van der Waals surface area contributed by atoms with Crippen LogP contribution in [0.25, 0.3) is 0 Å². The lowest BCUT2D eigenvalue weighted by Gasteiger charge is -1.84. The summed E-state index contributed by atoms with van der Waals surface area (Å²) in [6.45, 7) is 0. The average molecular weight is 156 g/mol. The molecule has 0 aromatic carbocycles. The molecule has 0 bridgehead atoms. The minimum atomic E-state index is -0.624. The predicted octanol–water partition coefficient (Wildman–Crippen LogP) is 0.126. The number of nitrogens with zero attached hydrogens (tertiary/aromatic N) is 3. The molecule has 0 spiro atoms. The fourth-order valence-electron chi connectivity index (χ4n) is 0.588. The molecule has 58 valence electrons. The fourth-order valence-corrected chi connectivity index (χ4v) is 0.588. The maximum atomic E-state index is 10.2. The molecule has 1 heterocycles. The summed E-state index contributed by atoms with van der Waals surface area (Å²) in [6, 6.07) is 0. The fraction of sp³-hybridized carbons (Fsp3) is 0. The Labute approximate surface area is 60.5 Å². The van der Waals surface area contributed by atoms with E-state index in [1.54, 1.807) is 0 Å². The van der Waals surface area contributed by atoms with Crippen LogP contribution in [0.3, 0.4) is 0 Å². The average Bonchev–Trinajstić information content (AvgIpc) is 2.36. The number of aromatic amines is 1. The Morgan fingerprint density at radius 1 is 1.91 bits per heavy atom. The van der Waals surface area contributed by atoms with E-state index in [9.17, 15) is 10.1 Å². The van der Waals surface area contributed by atoms with E-state index in [1.165, 1.54) is 0 Å². The molecule has 0 unspecified atom stereocenters. The van der Waals surface area contributed by atoms with Crippen molar-refractivity contribution < 1.29 is 10.1 Å². The minimum Gasteiger partial charge on any atom is -0.411 e. The molecule has 0 amide bonds. The third kappa shape index (κ3) is 1.31. The van der Waals surface area contributed by atoms with Gasteiger partial charge in [-0.3, -0.25) is 15.2 Å². The summed E-state index contributed by atoms with van der Waals surface area (Å²) >= 11 is 0. The summed E-state index contributed by atoms with van der Waals surface area (Å²) in [4.78, 5) is 9.54. The Morgan fingerprint density at radius 3 is 3.18 bits per heavy atom. The second-order valence-corrected chi connectivity index (χ2v) is 1.67. The van der Waals surface area contributed by atoms with Crippen LogP contribution in [-0.4, -0.2) is 26.5 Å². The van der Waals surface area contributed by atoms with E-state index < -0.39 is 4.92 Å². The number of rotatable bonds is 2. The van der Waals surface area contributed by atoms with Crippen molar-refractivity contribution >= 4 is 11.9 Å². The molecule has 2 N–H and O–H groups in total. The molecule has 0 saturated heterocycles. The molecule has 0 aliphatic heterocycles. The summed E-state index contributed by atoms with van der Waals surface area (Å²) in [6.07, 6.45) is 1.95. The first-order valence-electron chi connectivity index (χ1n) is 2.61. The van der Waals surface area contributed by atoms with Gasteiger partial charge >= 0.3 is 5.69 Å². The van der Waals surface area contributed by atoms with Gasteiger partial charge in [0.25, 0.3) is 0 Å². The third-order valence-electron chi connectivity index (χ3n) is 1.03. The van der Waals surface area contributed by atoms with E-state index >= 15 is 0 Å². The number of hydrogen-bond donors (Lipinski definition) is 2. The molecule has 0 saturated carbocycles. The summed E-state index contributed by atoms with van der Waals surface area (Å²) in [5.74, 6) is 0. The van der Waals surface area contributed by atoms with E-state index in [-0.39, 0.29) is 11.4 Å². The SMILES string of the molecule is O=[N+]([O-])c1cn[nH]c1/C=N\O. The Hall–Kier alpha value is -1.92. The second-order valence-electron chi connectivity index (χ2n) is 1.67. The molecule has 0 aliphatic carbocycles. The molecule has 11 heavy (non-hydrogen) atoms. The first-order valence-corrected chi connectivity index (χ1v) is 2.61. The number of nitrogens with one attached hydrogen (secondary N) is 1. The third-order valence-corrected chi connectivity index (χ3v) is 1.03. The highest BCUT2D eigenvalue weighted by molar-refractivity contribution is 5.81. The number of aromatic nitrogens is 2. The maximum Gasteiger partial charge on any atom is 0.315 e. The van der Waals surface area contributed by atoms with Crippen LogP contribution in [0.2, 0.25) is 0 Å². The van der Waals surface area contributed by atoms with Crippen molar-refractivity contribution in [1.29, 1.82) is 0 Å². The van der Waals surface area contributed by atoms with Gasteiger partial charge < -0.3 is 5.21 Å². The van der Waals surface area contributed by atoms with Crippen LogP contribution in [0.1, 0.15) is 5.69 Å². The highest BCUT2D eigenvalue weighted by Crippen LogP contribution is 2.11. The van der Waals surface area contributed by atoms with E-state index in [0.717, 1.165) is 12.4 Å². The Balaban J connectivity index is 3.05. The van der Waals surface area contributed by atoms with Gasteiger partial charge in [-0.25, -0.2) is 0 Å². The monoisotopic (exact) mass is 156 g/mol. The number of H-pyrrole nitrogens is 1. The van der Waals surface area contributed by atoms with Crippen molar-refractivity contribution in [2.45, 2.75) is 0 Å². The Bertz CT molecular complexity index is 291. The maximum absolute atomic E-state index is 10.2. The largest absolute Gasteiger partial charge is 0.411 e. The van der Waals surface area contributed by atoms with Crippen molar-refractivity contribution in [1.82, 2.24) is 10.2 Å². The van der Waals surface area contributed by atoms with E-state index in [4.69, 9.17) is 5.21 Å². The molecule has 0 radical (unpaired) electrons. The van der Waals surface area contributed by atoms with Crippen molar-refractivity contribution in [3.63, 3.8) is 0 Å². The normalized spacial score (nSPS) is 10.5. The van der Waals surface area contributed by atoms with Crippen molar-refractivity contribution in [2.24, 2.45) is 5.16 Å². The summed E-state index contributed by atoms with van der Waals surface area (Å²) < 4.78 is 0. The molecular weight excluding hydrogens is 152 g/mol. The smallest absolute Gasteiger partial charge is 0.315 e. The van der Waals surface area contributed by atoms with Crippen LogP contribution in [-0.2, 0) is 0 Å². The molecule has 1 aromatic heterocycles. The quantitative estimate of drug-likeness (QED) is 0.274. The number of oxime groups is 1. The molecule has 1 rings (SSSR count). The topological polar surface area (TPSA) is 104 Å². The molecule has 0 fully saturated rings. The lowest BCUT2D eigenvalue weighted by atomic mass is 10.4. The van der Waals surface area contributed by atoms with Gasteiger partial charge in [0.05, 0.1) is 11.1 Å². The molecule has 0 aliphatic rings. The van der Waals surface area contributed by atoms with E-state index in [1.807, 2.05) is 0 Å². The molecule has 0 atom stereocenters. The van der Waals surface area contributed by atoms with Crippen molar-refractivity contribution in [3.8, 4) is 0 Å². The molecule has 7 nitrogen and oxygen atoms in total. The number of nitro groups is 1. The van der Waals surface area contributed by atoms with Gasteiger partial charge in [0.1, 0.15) is 6.20 Å². The number of hydrogen-bond acceptors (Lipinski definition) is 5. The van der Waals surface area contributed by atoms with Crippen molar-refractivity contribution in [2.75, 3.05) is 0 Å². The van der Waals surface area contributed by atoms with Crippen LogP contribution in [0.5, 0.6) is 0 Å². The second kappa shape index (κ2) is 2.78. The summed E-state index contributed by atoms with van der Waals surface area (Å²) in [5, 5.41) is 26.5. The lowest BCUT2D eigenvalue weighted by molar-refractivity contribution is -0.385. The summed E-state index contributed by atoms with van der Waals surface area (Å²) in [7, 11) is 0. The molecular formula is C4H4N4O3. The first kappa shape index (κ1) is 7.19. The molecule has 1 aromatic rings. The lowest BCUT2D eigenvalue weighted by Crippen LogP contribution is -1.91. The highest BCUT2D eigenvalue weighted by Gasteiger charge is 2.13. The van der Waals surface area contributed by atoms with Crippen LogP contribution in [0.4, 0.5) is 5.69 Å². The zero-order valence-corrected chi connectivity index (χ0v) is 5.26. The van der Waals surface area contributed by atoms with Gasteiger partial charge in [0.15, 0.2) is 5.69 Å². The van der Waals surface area contributed by atoms with E-state index in [0.29, 0.717) is 0 Å². The van der Waals surface area contributed by atoms with Crippen LogP contribution in [0.15, 0.2) is 11.4 Å². The summed E-state index contributed by atoms with van der Waals surface area (Å²) in [5.41, 5.74) is -0.152. The Morgan fingerprint density at radius 2 is 2.64 bits per heavy atom. The van der Waals surface area contributed by atoms with Gasteiger partial charge in [-0.1, -0.05) is 5.16 Å². The van der Waals surface area contributed by atoms with Gasteiger partial charge in [-0.2, -0.15) is 5.10 Å².